The summed E-state index contributed by atoms with van der Waals surface area (Å²) in [5, 5.41) is 0. The molecule has 2 aliphatic heterocycles. The van der Waals surface area contributed by atoms with Gasteiger partial charge in [-0.1, -0.05) is 24.3 Å². The van der Waals surface area contributed by atoms with Crippen molar-refractivity contribution in [1.29, 1.82) is 0 Å². The highest BCUT2D eigenvalue weighted by Gasteiger charge is 2.39. The summed E-state index contributed by atoms with van der Waals surface area (Å²) in [5.74, 6) is 0.335. The Bertz CT molecular complexity index is 592. The zero-order valence-electron chi connectivity index (χ0n) is 9.99. The Balaban J connectivity index is 1.89. The second kappa shape index (κ2) is 3.67. The number of hydrogen-bond donors (Lipinski definition) is 1. The molecule has 0 spiro atoms. The van der Waals surface area contributed by atoms with Crippen LogP contribution in [-0.4, -0.2) is 28.8 Å². The lowest BCUT2D eigenvalue weighted by atomic mass is 9.89. The van der Waals surface area contributed by atoms with E-state index in [0.29, 0.717) is 12.5 Å². The monoisotopic (exact) mass is 241 g/mol. The minimum atomic E-state index is 0.108. The second-order valence-corrected chi connectivity index (χ2v) is 5.08. The van der Waals surface area contributed by atoms with Gasteiger partial charge in [-0.15, -0.1) is 0 Å². The maximum Gasteiger partial charge on any atom is 0.0956 e. The molecule has 4 rings (SSSR count). The Morgan fingerprint density at radius 1 is 1.28 bits per heavy atom. The molecule has 1 aromatic heterocycles. The highest BCUT2D eigenvalue weighted by molar-refractivity contribution is 5.69. The van der Waals surface area contributed by atoms with E-state index in [-0.39, 0.29) is 12.1 Å². The number of rotatable bonds is 1. The number of nitrogens with two attached hydrogens (primary N) is 1. The lowest BCUT2D eigenvalue weighted by Crippen LogP contribution is -2.34. The first-order valence-corrected chi connectivity index (χ1v) is 6.30. The number of fused-ring (bicyclic) bond motifs is 3. The van der Waals surface area contributed by atoms with Crippen molar-refractivity contribution in [2.75, 3.05) is 13.2 Å². The van der Waals surface area contributed by atoms with Crippen LogP contribution in [0, 0.1) is 5.92 Å². The van der Waals surface area contributed by atoms with Gasteiger partial charge >= 0.3 is 0 Å². The fourth-order valence-corrected chi connectivity index (χ4v) is 3.22. The van der Waals surface area contributed by atoms with Gasteiger partial charge in [-0.25, -0.2) is 4.98 Å². The maximum atomic E-state index is 6.18. The summed E-state index contributed by atoms with van der Waals surface area (Å²) in [7, 11) is 0. The van der Waals surface area contributed by atoms with E-state index in [1.54, 1.807) is 0 Å². The van der Waals surface area contributed by atoms with Crippen LogP contribution in [0.25, 0.3) is 11.3 Å². The summed E-state index contributed by atoms with van der Waals surface area (Å²) in [6, 6.07) is 8.89. The first-order valence-electron chi connectivity index (χ1n) is 6.30. The molecule has 0 amide bonds. The van der Waals surface area contributed by atoms with Crippen LogP contribution in [0.3, 0.4) is 0 Å². The molecule has 1 saturated heterocycles. The quantitative estimate of drug-likeness (QED) is 0.821. The molecule has 0 bridgehead atoms. The van der Waals surface area contributed by atoms with Crippen LogP contribution in [-0.2, 0) is 4.74 Å². The highest BCUT2D eigenvalue weighted by Crippen LogP contribution is 2.44. The molecule has 3 unspecified atom stereocenters. The van der Waals surface area contributed by atoms with Gasteiger partial charge in [0.05, 0.1) is 37.5 Å². The normalized spacial score (nSPS) is 29.3. The topological polar surface area (TPSA) is 53.1 Å². The number of hydrogen-bond acceptors (Lipinski definition) is 3. The SMILES string of the molecule is NC1COCC1C1c2ccccc2-c2cncn21. The molecule has 0 saturated carbocycles. The third-order valence-electron chi connectivity index (χ3n) is 4.10. The molecular formula is C14H15N3O. The molecular weight excluding hydrogens is 226 g/mol. The average molecular weight is 241 g/mol. The van der Waals surface area contributed by atoms with Gasteiger partial charge in [0.15, 0.2) is 0 Å². The molecule has 2 aliphatic rings. The summed E-state index contributed by atoms with van der Waals surface area (Å²) < 4.78 is 7.77. The van der Waals surface area contributed by atoms with E-state index in [0.717, 1.165) is 6.61 Å². The molecule has 2 N–H and O–H groups in total. The van der Waals surface area contributed by atoms with Crippen molar-refractivity contribution < 1.29 is 4.74 Å². The molecule has 0 radical (unpaired) electrons. The van der Waals surface area contributed by atoms with Crippen LogP contribution >= 0.6 is 0 Å². The van der Waals surface area contributed by atoms with E-state index in [9.17, 15) is 0 Å². The first kappa shape index (κ1) is 10.3. The van der Waals surface area contributed by atoms with Gasteiger partial charge < -0.3 is 15.0 Å². The molecule has 4 heteroatoms. The third-order valence-corrected chi connectivity index (χ3v) is 4.10. The smallest absolute Gasteiger partial charge is 0.0956 e. The van der Waals surface area contributed by atoms with E-state index in [1.807, 2.05) is 12.5 Å². The standard InChI is InChI=1S/C14H15N3O/c15-12-7-18-6-11(12)14-10-4-2-1-3-9(10)13-5-16-8-17(13)14/h1-5,8,11-12,14H,6-7,15H2. The van der Waals surface area contributed by atoms with E-state index >= 15 is 0 Å². The van der Waals surface area contributed by atoms with Crippen molar-refractivity contribution in [2.24, 2.45) is 11.7 Å². The summed E-state index contributed by atoms with van der Waals surface area (Å²) in [4.78, 5) is 4.27. The van der Waals surface area contributed by atoms with Crippen molar-refractivity contribution in [1.82, 2.24) is 9.55 Å². The Kier molecular flexibility index (Phi) is 2.10. The first-order chi connectivity index (χ1) is 8.86. The van der Waals surface area contributed by atoms with Gasteiger partial charge in [-0.3, -0.25) is 0 Å². The number of benzene rings is 1. The highest BCUT2D eigenvalue weighted by atomic mass is 16.5. The average Bonchev–Trinajstić information content (AvgIpc) is 3.05. The van der Waals surface area contributed by atoms with Crippen molar-refractivity contribution in [3.05, 3.63) is 42.4 Å². The summed E-state index contributed by atoms with van der Waals surface area (Å²) >= 11 is 0. The van der Waals surface area contributed by atoms with Crippen LogP contribution < -0.4 is 5.73 Å². The van der Waals surface area contributed by atoms with Gasteiger partial charge in [0.2, 0.25) is 0 Å². The lowest BCUT2D eigenvalue weighted by Gasteiger charge is -2.23. The molecule has 4 nitrogen and oxygen atoms in total. The molecule has 3 heterocycles. The van der Waals surface area contributed by atoms with E-state index < -0.39 is 0 Å². The fraction of sp³-hybridized carbons (Fsp3) is 0.357. The van der Waals surface area contributed by atoms with Crippen LogP contribution in [0.5, 0.6) is 0 Å². The molecule has 18 heavy (non-hydrogen) atoms. The van der Waals surface area contributed by atoms with Crippen molar-refractivity contribution in [3.63, 3.8) is 0 Å². The van der Waals surface area contributed by atoms with Crippen LogP contribution in [0.4, 0.5) is 0 Å². The van der Waals surface area contributed by atoms with Crippen molar-refractivity contribution in [3.8, 4) is 11.3 Å². The Hall–Kier alpha value is -1.65. The zero-order valence-corrected chi connectivity index (χ0v) is 9.99. The van der Waals surface area contributed by atoms with E-state index in [2.05, 4.69) is 33.8 Å². The number of nitrogens with zero attached hydrogens (tertiary/aromatic N) is 2. The minimum absolute atomic E-state index is 0.108. The number of ether oxygens (including phenoxy) is 1. The van der Waals surface area contributed by atoms with Gasteiger partial charge in [-0.05, 0) is 5.56 Å². The summed E-state index contributed by atoms with van der Waals surface area (Å²) in [6.07, 6.45) is 3.84. The van der Waals surface area contributed by atoms with Gasteiger partial charge in [-0.2, -0.15) is 0 Å². The molecule has 1 aromatic carbocycles. The van der Waals surface area contributed by atoms with Crippen molar-refractivity contribution >= 4 is 0 Å². The van der Waals surface area contributed by atoms with Crippen LogP contribution in [0.1, 0.15) is 11.6 Å². The van der Waals surface area contributed by atoms with Gasteiger partial charge in [0.25, 0.3) is 0 Å². The second-order valence-electron chi connectivity index (χ2n) is 5.08. The van der Waals surface area contributed by atoms with E-state index in [1.165, 1.54) is 16.8 Å². The van der Waals surface area contributed by atoms with Crippen LogP contribution in [0.2, 0.25) is 0 Å². The zero-order chi connectivity index (χ0) is 12.1. The Morgan fingerprint density at radius 3 is 3.00 bits per heavy atom. The minimum Gasteiger partial charge on any atom is -0.379 e. The number of imidazole rings is 1. The van der Waals surface area contributed by atoms with Gasteiger partial charge in [0, 0.05) is 17.5 Å². The Labute approximate surface area is 105 Å². The predicted octanol–water partition coefficient (Wildman–Crippen LogP) is 1.43. The van der Waals surface area contributed by atoms with Gasteiger partial charge in [0.1, 0.15) is 0 Å². The molecule has 2 aromatic rings. The lowest BCUT2D eigenvalue weighted by molar-refractivity contribution is 0.177. The van der Waals surface area contributed by atoms with Crippen molar-refractivity contribution in [2.45, 2.75) is 12.1 Å². The van der Waals surface area contributed by atoms with Crippen LogP contribution in [0.15, 0.2) is 36.8 Å². The molecule has 92 valence electrons. The maximum absolute atomic E-state index is 6.18. The predicted molar refractivity (Wildman–Crippen MR) is 68.1 cm³/mol. The third kappa shape index (κ3) is 1.24. The summed E-state index contributed by atoms with van der Waals surface area (Å²) in [5.41, 5.74) is 10.00. The van der Waals surface area contributed by atoms with E-state index in [4.69, 9.17) is 10.5 Å². The fourth-order valence-electron chi connectivity index (χ4n) is 3.22. The Morgan fingerprint density at radius 2 is 2.17 bits per heavy atom. The summed E-state index contributed by atoms with van der Waals surface area (Å²) in [6.45, 7) is 1.39. The molecule has 3 atom stereocenters. The number of aromatic nitrogens is 2. The largest absolute Gasteiger partial charge is 0.379 e. The molecule has 0 aliphatic carbocycles. The molecule has 1 fully saturated rings.